The Hall–Kier alpha value is -4.07. The summed E-state index contributed by atoms with van der Waals surface area (Å²) >= 11 is 0. The van der Waals surface area contributed by atoms with Crippen molar-refractivity contribution in [2.75, 3.05) is 13.1 Å². The summed E-state index contributed by atoms with van der Waals surface area (Å²) in [6.07, 6.45) is 24.7. The summed E-state index contributed by atoms with van der Waals surface area (Å²) < 4.78 is 0. The van der Waals surface area contributed by atoms with Crippen LogP contribution in [0.3, 0.4) is 0 Å². The van der Waals surface area contributed by atoms with Gasteiger partial charge in [-0.1, -0.05) is 150 Å². The van der Waals surface area contributed by atoms with Crippen LogP contribution in [0.1, 0.15) is 172 Å². The number of benzene rings is 2. The number of amides is 2. The number of primary amides is 1. The highest BCUT2D eigenvalue weighted by Gasteiger charge is 2.31. The first-order valence-corrected chi connectivity index (χ1v) is 22.7. The molecule has 3 aromatic rings. The Morgan fingerprint density at radius 1 is 0.828 bits per heavy atom. The molecule has 5 rings (SSSR count). The van der Waals surface area contributed by atoms with E-state index in [2.05, 4.69) is 78.2 Å². The van der Waals surface area contributed by atoms with Gasteiger partial charge in [-0.3, -0.25) is 14.4 Å². The molecule has 58 heavy (non-hydrogen) atoms. The van der Waals surface area contributed by atoms with Crippen LogP contribution >= 0.6 is 0 Å². The van der Waals surface area contributed by atoms with E-state index in [9.17, 15) is 14.4 Å². The maximum atomic E-state index is 10.8. The minimum Gasteiger partial charge on any atom is -0.481 e. The minimum atomic E-state index is -0.812. The van der Waals surface area contributed by atoms with Gasteiger partial charge in [-0.25, -0.2) is 9.97 Å². The topological polar surface area (TPSA) is 126 Å². The highest BCUT2D eigenvalue weighted by Crippen LogP contribution is 2.39. The number of aryl methyl sites for hydroxylation is 1. The SMILES string of the molecule is CC.CCC(C)Cc1ccc(C(N)=O)cc1.CCCCc1ccc(-c2ncc(C(C)CCCC(CC)C3CCC(CCC)CC3)cn2)cc1.O=CN1CC(C(=O)O)C1. The van der Waals surface area contributed by atoms with Gasteiger partial charge in [-0.2, -0.15) is 0 Å². The van der Waals surface area contributed by atoms with Crippen LogP contribution in [0.25, 0.3) is 11.4 Å². The number of carboxylic acids is 1. The number of likely N-dealkylation sites (tertiary alicyclic amines) is 1. The van der Waals surface area contributed by atoms with Crippen LogP contribution in [0.15, 0.2) is 60.9 Å². The lowest BCUT2D eigenvalue weighted by molar-refractivity contribution is -0.149. The average Bonchev–Trinajstić information content (AvgIpc) is 3.23. The summed E-state index contributed by atoms with van der Waals surface area (Å²) in [4.78, 5) is 41.6. The van der Waals surface area contributed by atoms with Gasteiger partial charge in [0.15, 0.2) is 5.82 Å². The first-order valence-electron chi connectivity index (χ1n) is 22.7. The molecule has 2 heterocycles. The fourth-order valence-electron chi connectivity index (χ4n) is 8.03. The molecule has 1 saturated heterocycles. The van der Waals surface area contributed by atoms with Crippen LogP contribution in [0.5, 0.6) is 0 Å². The second-order valence-electron chi connectivity index (χ2n) is 16.6. The van der Waals surface area contributed by atoms with Gasteiger partial charge in [0.1, 0.15) is 0 Å². The largest absolute Gasteiger partial charge is 0.481 e. The van der Waals surface area contributed by atoms with Crippen molar-refractivity contribution in [1.29, 1.82) is 0 Å². The molecule has 1 aromatic heterocycles. The quantitative estimate of drug-likeness (QED) is 0.116. The second kappa shape index (κ2) is 28.4. The van der Waals surface area contributed by atoms with Gasteiger partial charge < -0.3 is 15.7 Å². The monoisotopic (exact) mass is 799 g/mol. The standard InChI is InChI=1S/C31H48N2.C12H17NO.C5H7NO3.C2H6/c1-5-8-12-26-16-20-29(21-17-26)31-32-22-30(23-33-31)24(4)11-9-13-27(7-3)28-18-14-25(10-6-2)15-19-28;1-3-9(2)8-10-4-6-11(7-5-10)12(13)14;7-3-6-1-4(2-6)5(8)9;1-2/h16-17,20-25,27-28H,5-15,18-19H2,1-4H3;4-7,9H,3,8H2,1-2H3,(H2,13,14);3-4H,1-2H2,(H,8,9);1-2H3. The first-order chi connectivity index (χ1) is 28.0. The van der Waals surface area contributed by atoms with E-state index in [1.54, 1.807) is 12.1 Å². The van der Waals surface area contributed by atoms with E-state index < -0.39 is 5.97 Å². The molecule has 8 heteroatoms. The van der Waals surface area contributed by atoms with E-state index in [-0.39, 0.29) is 11.8 Å². The summed E-state index contributed by atoms with van der Waals surface area (Å²) in [5.74, 6) is 3.50. The number of nitrogens with two attached hydrogens (primary N) is 1. The normalized spacial score (nSPS) is 17.7. The van der Waals surface area contributed by atoms with Gasteiger partial charge in [0.2, 0.25) is 12.3 Å². The molecular formula is C50H78N4O4. The molecule has 3 atom stereocenters. The van der Waals surface area contributed by atoms with E-state index in [1.165, 1.54) is 105 Å². The van der Waals surface area contributed by atoms with E-state index in [0.29, 0.717) is 36.9 Å². The van der Waals surface area contributed by atoms with E-state index in [4.69, 9.17) is 20.8 Å². The number of carbonyl (C=O) groups excluding carboxylic acids is 2. The molecule has 1 saturated carbocycles. The third kappa shape index (κ3) is 17.8. The van der Waals surface area contributed by atoms with Crippen molar-refractivity contribution in [3.8, 4) is 11.4 Å². The number of aromatic nitrogens is 2. The molecule has 1 aliphatic heterocycles. The maximum absolute atomic E-state index is 10.8. The van der Waals surface area contributed by atoms with Crippen molar-refractivity contribution in [2.45, 2.75) is 158 Å². The van der Waals surface area contributed by atoms with Gasteiger partial charge in [0.05, 0.1) is 5.92 Å². The zero-order chi connectivity index (χ0) is 42.9. The summed E-state index contributed by atoms with van der Waals surface area (Å²) in [6.45, 7) is 18.5. The van der Waals surface area contributed by atoms with Gasteiger partial charge in [0.25, 0.3) is 0 Å². The molecule has 2 aliphatic rings. The third-order valence-corrected chi connectivity index (χ3v) is 12.2. The zero-order valence-electron chi connectivity index (χ0n) is 37.4. The molecule has 0 bridgehead atoms. The second-order valence-corrected chi connectivity index (χ2v) is 16.6. The molecule has 322 valence electrons. The number of aliphatic carboxylic acids is 1. The molecule has 2 aromatic carbocycles. The van der Waals surface area contributed by atoms with Crippen molar-refractivity contribution in [3.63, 3.8) is 0 Å². The molecule has 2 fully saturated rings. The van der Waals surface area contributed by atoms with E-state index >= 15 is 0 Å². The highest BCUT2D eigenvalue weighted by atomic mass is 16.4. The Balaban J connectivity index is 0.000000378. The summed E-state index contributed by atoms with van der Waals surface area (Å²) in [6, 6.07) is 16.3. The number of rotatable bonds is 19. The summed E-state index contributed by atoms with van der Waals surface area (Å²) in [5.41, 5.74) is 10.8. The van der Waals surface area contributed by atoms with Crippen molar-refractivity contribution in [2.24, 2.45) is 35.3 Å². The Labute approximate surface area is 352 Å². The smallest absolute Gasteiger partial charge is 0.310 e. The van der Waals surface area contributed by atoms with E-state index in [0.717, 1.165) is 42.0 Å². The van der Waals surface area contributed by atoms with Crippen molar-refractivity contribution < 1.29 is 19.5 Å². The third-order valence-electron chi connectivity index (χ3n) is 12.2. The first kappa shape index (κ1) is 50.1. The van der Waals surface area contributed by atoms with Crippen LogP contribution in [0.2, 0.25) is 0 Å². The lowest BCUT2D eigenvalue weighted by Gasteiger charge is -2.33. The number of hydrogen-bond acceptors (Lipinski definition) is 5. The highest BCUT2D eigenvalue weighted by molar-refractivity contribution is 5.92. The number of hydrogen-bond donors (Lipinski definition) is 2. The van der Waals surface area contributed by atoms with Crippen LogP contribution in [0, 0.1) is 29.6 Å². The Kier molecular flexibility index (Phi) is 24.5. The number of carbonyl (C=O) groups is 3. The maximum Gasteiger partial charge on any atom is 0.310 e. The van der Waals surface area contributed by atoms with Gasteiger partial charge in [-0.05, 0) is 96.9 Å². The Morgan fingerprint density at radius 2 is 1.43 bits per heavy atom. The van der Waals surface area contributed by atoms with Crippen LogP contribution in [0.4, 0.5) is 0 Å². The number of unbranched alkanes of at least 4 members (excludes halogenated alkanes) is 1. The molecule has 3 N–H and O–H groups in total. The lowest BCUT2D eigenvalue weighted by atomic mass is 9.72. The number of carboxylic acid groups (broad SMARTS) is 1. The number of nitrogens with zero attached hydrogens (tertiary/aromatic N) is 3. The molecule has 8 nitrogen and oxygen atoms in total. The summed E-state index contributed by atoms with van der Waals surface area (Å²) in [7, 11) is 0. The van der Waals surface area contributed by atoms with Gasteiger partial charge in [0, 0.05) is 36.6 Å². The predicted molar refractivity (Wildman–Crippen MR) is 241 cm³/mol. The minimum absolute atomic E-state index is 0.324. The van der Waals surface area contributed by atoms with Crippen LogP contribution < -0.4 is 5.73 Å². The fraction of sp³-hybridized carbons (Fsp3) is 0.620. The van der Waals surface area contributed by atoms with Crippen molar-refractivity contribution in [3.05, 3.63) is 83.2 Å². The lowest BCUT2D eigenvalue weighted by Crippen LogP contribution is -2.49. The zero-order valence-corrected chi connectivity index (χ0v) is 37.4. The average molecular weight is 799 g/mol. The fourth-order valence-corrected chi connectivity index (χ4v) is 8.03. The van der Waals surface area contributed by atoms with Crippen molar-refractivity contribution in [1.82, 2.24) is 14.9 Å². The van der Waals surface area contributed by atoms with E-state index in [1.807, 2.05) is 26.0 Å². The van der Waals surface area contributed by atoms with Gasteiger partial charge >= 0.3 is 5.97 Å². The molecule has 0 spiro atoms. The Bertz CT molecular complexity index is 1550. The summed E-state index contributed by atoms with van der Waals surface area (Å²) in [5, 5.41) is 8.30. The van der Waals surface area contributed by atoms with Crippen LogP contribution in [-0.4, -0.2) is 51.4 Å². The van der Waals surface area contributed by atoms with Gasteiger partial charge in [-0.15, -0.1) is 0 Å². The van der Waals surface area contributed by atoms with Crippen molar-refractivity contribution >= 4 is 18.3 Å². The molecule has 0 radical (unpaired) electrons. The molecule has 1 aliphatic carbocycles. The molecular weight excluding hydrogens is 721 g/mol. The van der Waals surface area contributed by atoms with Crippen LogP contribution in [-0.2, 0) is 22.4 Å². The molecule has 3 unspecified atom stereocenters. The predicted octanol–water partition coefficient (Wildman–Crippen LogP) is 12.0. The molecule has 2 amide bonds. The Morgan fingerprint density at radius 3 is 1.93 bits per heavy atom.